The van der Waals surface area contributed by atoms with Gasteiger partial charge in [-0.25, -0.2) is 0 Å². The summed E-state index contributed by atoms with van der Waals surface area (Å²) in [6, 6.07) is 17.4. The van der Waals surface area contributed by atoms with Crippen LogP contribution in [0, 0.1) is 11.8 Å². The van der Waals surface area contributed by atoms with Crippen LogP contribution in [0.2, 0.25) is 0 Å². The first-order valence-corrected chi connectivity index (χ1v) is 9.85. The number of nitrogens with one attached hydrogen (secondary N) is 1. The fraction of sp³-hybridized carbons (Fsp3) is 0.381. The topological polar surface area (TPSA) is 64.3 Å². The highest BCUT2D eigenvalue weighted by Crippen LogP contribution is 2.30. The Labute approximate surface area is 160 Å². The van der Waals surface area contributed by atoms with Gasteiger partial charge in [0.2, 0.25) is 5.91 Å². The fourth-order valence-electron chi connectivity index (χ4n) is 2.59. The second-order valence-corrected chi connectivity index (χ2v) is 7.60. The first-order chi connectivity index (χ1) is 12.5. The van der Waals surface area contributed by atoms with Gasteiger partial charge in [0, 0.05) is 23.2 Å². The minimum Gasteiger partial charge on any atom is -0.496 e. The molecule has 2 aromatic rings. The van der Waals surface area contributed by atoms with Crippen LogP contribution >= 0.6 is 11.8 Å². The van der Waals surface area contributed by atoms with Crippen molar-refractivity contribution in [3.05, 3.63) is 60.2 Å². The van der Waals surface area contributed by atoms with E-state index in [4.69, 9.17) is 10.5 Å². The number of amides is 1. The van der Waals surface area contributed by atoms with Gasteiger partial charge in [0.1, 0.15) is 5.75 Å². The maximum atomic E-state index is 12.4. The van der Waals surface area contributed by atoms with Crippen LogP contribution in [0.15, 0.2) is 59.5 Å². The standard InChI is InChI=1S/C21H28N2O2S/c1-15(14-26-19-12-8-7-11-18(19)25-3)13-23-21(24)16(2)20(22)17-9-5-4-6-10-17/h4-12,15-16,20H,13-14,22H2,1-3H3,(H,23,24). The molecule has 0 heterocycles. The lowest BCUT2D eigenvalue weighted by atomic mass is 9.94. The van der Waals surface area contributed by atoms with Crippen LogP contribution in [-0.2, 0) is 4.79 Å². The third-order valence-corrected chi connectivity index (χ3v) is 5.74. The lowest BCUT2D eigenvalue weighted by Crippen LogP contribution is -2.37. The van der Waals surface area contributed by atoms with Crippen LogP contribution in [0.1, 0.15) is 25.5 Å². The number of hydrogen-bond donors (Lipinski definition) is 2. The van der Waals surface area contributed by atoms with Gasteiger partial charge in [0.05, 0.1) is 13.0 Å². The van der Waals surface area contributed by atoms with Crippen LogP contribution in [0.5, 0.6) is 5.75 Å². The number of para-hydroxylation sites is 1. The molecule has 0 saturated heterocycles. The Kier molecular flexibility index (Phi) is 8.01. The van der Waals surface area contributed by atoms with Crippen LogP contribution in [0.4, 0.5) is 0 Å². The van der Waals surface area contributed by atoms with E-state index in [0.29, 0.717) is 12.5 Å². The SMILES string of the molecule is COc1ccccc1SCC(C)CNC(=O)C(C)C(N)c1ccccc1. The zero-order valence-corrected chi connectivity index (χ0v) is 16.5. The molecule has 4 nitrogen and oxygen atoms in total. The number of methoxy groups -OCH3 is 1. The molecule has 0 aliphatic carbocycles. The molecule has 0 spiro atoms. The van der Waals surface area contributed by atoms with Crippen LogP contribution in [0.25, 0.3) is 0 Å². The number of nitrogens with two attached hydrogens (primary N) is 1. The Morgan fingerprint density at radius 1 is 1.12 bits per heavy atom. The maximum absolute atomic E-state index is 12.4. The number of thioether (sulfide) groups is 1. The minimum absolute atomic E-state index is 0.00417. The Morgan fingerprint density at radius 3 is 2.46 bits per heavy atom. The minimum atomic E-state index is -0.297. The molecule has 3 atom stereocenters. The Hall–Kier alpha value is -1.98. The van der Waals surface area contributed by atoms with E-state index in [1.807, 2.05) is 55.5 Å². The lowest BCUT2D eigenvalue weighted by Gasteiger charge is -2.21. The highest BCUT2D eigenvalue weighted by Gasteiger charge is 2.22. The molecule has 0 aliphatic rings. The fourth-order valence-corrected chi connectivity index (χ4v) is 3.64. The normalized spacial score (nSPS) is 14.3. The van der Waals surface area contributed by atoms with Gasteiger partial charge in [0.25, 0.3) is 0 Å². The van der Waals surface area contributed by atoms with Gasteiger partial charge in [-0.1, -0.05) is 56.3 Å². The smallest absolute Gasteiger partial charge is 0.224 e. The van der Waals surface area contributed by atoms with Gasteiger partial charge in [-0.3, -0.25) is 4.79 Å². The van der Waals surface area contributed by atoms with Crippen molar-refractivity contribution in [2.75, 3.05) is 19.4 Å². The third kappa shape index (κ3) is 5.78. The summed E-state index contributed by atoms with van der Waals surface area (Å²) in [6.07, 6.45) is 0. The number of carbonyl (C=O) groups is 1. The average molecular weight is 373 g/mol. The van der Waals surface area contributed by atoms with E-state index in [-0.39, 0.29) is 17.9 Å². The second kappa shape index (κ2) is 10.2. The molecular weight excluding hydrogens is 344 g/mol. The van der Waals surface area contributed by atoms with Crippen molar-refractivity contribution in [2.24, 2.45) is 17.6 Å². The molecule has 5 heteroatoms. The zero-order valence-electron chi connectivity index (χ0n) is 15.6. The maximum Gasteiger partial charge on any atom is 0.224 e. The Morgan fingerprint density at radius 2 is 1.77 bits per heavy atom. The van der Waals surface area contributed by atoms with Crippen molar-refractivity contribution < 1.29 is 9.53 Å². The van der Waals surface area contributed by atoms with Gasteiger partial charge in [0.15, 0.2) is 0 Å². The molecule has 2 rings (SSSR count). The van der Waals surface area contributed by atoms with Crippen LogP contribution in [0.3, 0.4) is 0 Å². The molecule has 0 aromatic heterocycles. The first kappa shape index (κ1) is 20.3. The van der Waals surface area contributed by atoms with Gasteiger partial charge in [-0.15, -0.1) is 11.8 Å². The molecular formula is C21H28N2O2S. The second-order valence-electron chi connectivity index (χ2n) is 6.54. The molecule has 0 saturated carbocycles. The zero-order chi connectivity index (χ0) is 18.9. The van der Waals surface area contributed by atoms with E-state index in [1.54, 1.807) is 18.9 Å². The molecule has 3 N–H and O–H groups in total. The predicted octanol–water partition coefficient (Wildman–Crippen LogP) is 3.88. The lowest BCUT2D eigenvalue weighted by molar-refractivity contribution is -0.125. The largest absolute Gasteiger partial charge is 0.496 e. The molecule has 0 radical (unpaired) electrons. The van der Waals surface area contributed by atoms with E-state index >= 15 is 0 Å². The van der Waals surface area contributed by atoms with Crippen LogP contribution < -0.4 is 15.8 Å². The Balaban J connectivity index is 1.79. The highest BCUT2D eigenvalue weighted by atomic mass is 32.2. The van der Waals surface area contributed by atoms with Crippen molar-refractivity contribution in [3.8, 4) is 5.75 Å². The predicted molar refractivity (Wildman–Crippen MR) is 108 cm³/mol. The van der Waals surface area contributed by atoms with E-state index in [0.717, 1.165) is 22.0 Å². The molecule has 0 aliphatic heterocycles. The van der Waals surface area contributed by atoms with E-state index in [9.17, 15) is 4.79 Å². The number of hydrogen-bond acceptors (Lipinski definition) is 4. The van der Waals surface area contributed by atoms with E-state index in [2.05, 4.69) is 18.3 Å². The number of rotatable bonds is 9. The quantitative estimate of drug-likeness (QED) is 0.656. The summed E-state index contributed by atoms with van der Waals surface area (Å²) in [5.74, 6) is 1.85. The molecule has 2 aromatic carbocycles. The van der Waals surface area contributed by atoms with Crippen molar-refractivity contribution in [1.29, 1.82) is 0 Å². The van der Waals surface area contributed by atoms with Crippen molar-refractivity contribution in [1.82, 2.24) is 5.32 Å². The van der Waals surface area contributed by atoms with Gasteiger partial charge in [-0.05, 0) is 23.6 Å². The van der Waals surface area contributed by atoms with Gasteiger partial charge < -0.3 is 15.8 Å². The summed E-state index contributed by atoms with van der Waals surface area (Å²) < 4.78 is 5.37. The van der Waals surface area contributed by atoms with E-state index in [1.165, 1.54) is 0 Å². The summed E-state index contributed by atoms with van der Waals surface area (Å²) in [4.78, 5) is 13.5. The molecule has 3 unspecified atom stereocenters. The van der Waals surface area contributed by atoms with Crippen molar-refractivity contribution in [2.45, 2.75) is 24.8 Å². The summed E-state index contributed by atoms with van der Waals surface area (Å²) in [7, 11) is 1.68. The molecule has 1 amide bonds. The van der Waals surface area contributed by atoms with Gasteiger partial charge in [-0.2, -0.15) is 0 Å². The monoisotopic (exact) mass is 372 g/mol. The summed E-state index contributed by atoms with van der Waals surface area (Å²) >= 11 is 1.74. The summed E-state index contributed by atoms with van der Waals surface area (Å²) in [5.41, 5.74) is 7.22. The number of carbonyl (C=O) groups excluding carboxylic acids is 1. The molecule has 0 fully saturated rings. The number of ether oxygens (including phenoxy) is 1. The molecule has 26 heavy (non-hydrogen) atoms. The van der Waals surface area contributed by atoms with Crippen LogP contribution in [-0.4, -0.2) is 25.3 Å². The van der Waals surface area contributed by atoms with Crippen molar-refractivity contribution >= 4 is 17.7 Å². The van der Waals surface area contributed by atoms with E-state index < -0.39 is 0 Å². The average Bonchev–Trinajstić information content (AvgIpc) is 2.70. The third-order valence-electron chi connectivity index (χ3n) is 4.35. The summed E-state index contributed by atoms with van der Waals surface area (Å²) in [6.45, 7) is 4.64. The Bertz CT molecular complexity index is 693. The van der Waals surface area contributed by atoms with Crippen molar-refractivity contribution in [3.63, 3.8) is 0 Å². The molecule has 0 bridgehead atoms. The molecule has 140 valence electrons. The van der Waals surface area contributed by atoms with Gasteiger partial charge >= 0.3 is 0 Å². The first-order valence-electron chi connectivity index (χ1n) is 8.87. The number of benzene rings is 2. The highest BCUT2D eigenvalue weighted by molar-refractivity contribution is 7.99. The summed E-state index contributed by atoms with van der Waals surface area (Å²) in [5, 5.41) is 3.03.